The van der Waals surface area contributed by atoms with Gasteiger partial charge >= 0.3 is 12.4 Å². The second-order valence-electron chi connectivity index (χ2n) is 5.74. The highest BCUT2D eigenvalue weighted by atomic mass is 19.4. The summed E-state index contributed by atoms with van der Waals surface area (Å²) in [5.41, 5.74) is 1.97. The molecule has 3 rings (SSSR count). The lowest BCUT2D eigenvalue weighted by atomic mass is 10.1. The van der Waals surface area contributed by atoms with Gasteiger partial charge in [-0.3, -0.25) is 0 Å². The molecular weight excluding hydrogens is 400 g/mol. The molecule has 0 aliphatic rings. The molecule has 148 valence electrons. The zero-order valence-electron chi connectivity index (χ0n) is 14.2. The molecule has 0 unspecified atom stereocenters. The summed E-state index contributed by atoms with van der Waals surface area (Å²) in [5, 5.41) is 9.32. The second kappa shape index (κ2) is 7.05. The Morgan fingerprint density at radius 2 is 1.28 bits per heavy atom. The fourth-order valence-electron chi connectivity index (χ4n) is 2.46. The Morgan fingerprint density at radius 1 is 0.759 bits per heavy atom. The molecule has 0 aromatic carbocycles. The maximum absolute atomic E-state index is 13.0. The van der Waals surface area contributed by atoms with E-state index in [-0.39, 0.29) is 34.0 Å². The molecule has 0 spiro atoms. The van der Waals surface area contributed by atoms with E-state index in [1.807, 2.05) is 0 Å². The van der Waals surface area contributed by atoms with Crippen molar-refractivity contribution in [2.75, 3.05) is 5.73 Å². The monoisotopic (exact) mass is 409 g/mol. The predicted octanol–water partition coefficient (Wildman–Crippen LogP) is 4.70. The van der Waals surface area contributed by atoms with Crippen molar-refractivity contribution in [3.05, 3.63) is 59.4 Å². The number of nitrogens with zero attached hydrogens (tertiary/aromatic N) is 4. The topological polar surface area (TPSA) is 88.5 Å². The summed E-state index contributed by atoms with van der Waals surface area (Å²) >= 11 is 0. The van der Waals surface area contributed by atoms with Crippen LogP contribution >= 0.6 is 0 Å². The summed E-state index contributed by atoms with van der Waals surface area (Å²) in [6.45, 7) is 0. The number of pyridine rings is 3. The van der Waals surface area contributed by atoms with Crippen LogP contribution in [-0.2, 0) is 12.4 Å². The van der Waals surface area contributed by atoms with Gasteiger partial charge in [0, 0.05) is 0 Å². The normalized spacial score (nSPS) is 11.9. The summed E-state index contributed by atoms with van der Waals surface area (Å²) in [4.78, 5) is 11.0. The Balaban J connectivity index is 2.21. The predicted molar refractivity (Wildman–Crippen MR) is 89.8 cm³/mol. The van der Waals surface area contributed by atoms with Crippen LogP contribution < -0.4 is 5.73 Å². The van der Waals surface area contributed by atoms with Crippen LogP contribution in [0.1, 0.15) is 17.0 Å². The molecule has 29 heavy (non-hydrogen) atoms. The number of hydrogen-bond acceptors (Lipinski definition) is 5. The van der Waals surface area contributed by atoms with Crippen LogP contribution in [0, 0.1) is 11.3 Å². The third kappa shape index (κ3) is 4.11. The minimum Gasteiger partial charge on any atom is -0.398 e. The molecule has 3 aromatic heterocycles. The van der Waals surface area contributed by atoms with Crippen molar-refractivity contribution in [3.8, 4) is 28.8 Å². The highest BCUT2D eigenvalue weighted by molar-refractivity contribution is 5.76. The van der Waals surface area contributed by atoms with Gasteiger partial charge in [0.05, 0.1) is 22.8 Å². The van der Waals surface area contributed by atoms with Crippen molar-refractivity contribution in [1.82, 2.24) is 15.0 Å². The van der Waals surface area contributed by atoms with E-state index >= 15 is 0 Å². The number of nitriles is 1. The van der Waals surface area contributed by atoms with Crippen molar-refractivity contribution in [2.24, 2.45) is 0 Å². The molecule has 0 aliphatic heterocycles. The van der Waals surface area contributed by atoms with Gasteiger partial charge in [-0.25, -0.2) is 15.0 Å². The van der Waals surface area contributed by atoms with Gasteiger partial charge in [-0.1, -0.05) is 12.1 Å². The fourth-order valence-corrected chi connectivity index (χ4v) is 2.46. The van der Waals surface area contributed by atoms with Crippen LogP contribution in [0.15, 0.2) is 42.5 Å². The van der Waals surface area contributed by atoms with E-state index in [0.29, 0.717) is 0 Å². The van der Waals surface area contributed by atoms with Crippen LogP contribution in [-0.4, -0.2) is 15.0 Å². The van der Waals surface area contributed by atoms with E-state index in [4.69, 9.17) is 5.73 Å². The largest absolute Gasteiger partial charge is 0.433 e. The number of halogens is 6. The molecule has 5 nitrogen and oxygen atoms in total. The van der Waals surface area contributed by atoms with Gasteiger partial charge < -0.3 is 5.73 Å². The smallest absolute Gasteiger partial charge is 0.398 e. The molecule has 3 heterocycles. The number of alkyl halides is 6. The lowest BCUT2D eigenvalue weighted by molar-refractivity contribution is -0.141. The first-order chi connectivity index (χ1) is 13.5. The average Bonchev–Trinajstić information content (AvgIpc) is 2.66. The molecule has 0 aliphatic carbocycles. The van der Waals surface area contributed by atoms with Crippen molar-refractivity contribution < 1.29 is 26.3 Å². The third-order valence-electron chi connectivity index (χ3n) is 3.75. The van der Waals surface area contributed by atoms with E-state index in [9.17, 15) is 31.6 Å². The van der Waals surface area contributed by atoms with Gasteiger partial charge in [-0.2, -0.15) is 31.6 Å². The molecule has 0 saturated carbocycles. The first kappa shape index (κ1) is 20.1. The van der Waals surface area contributed by atoms with Crippen LogP contribution in [0.4, 0.5) is 32.0 Å². The lowest BCUT2D eigenvalue weighted by Crippen LogP contribution is -2.10. The van der Waals surface area contributed by atoms with E-state index in [2.05, 4.69) is 15.0 Å². The first-order valence-corrected chi connectivity index (χ1v) is 7.80. The molecular formula is C18H9F6N5. The van der Waals surface area contributed by atoms with Gasteiger partial charge in [-0.15, -0.1) is 0 Å². The molecule has 0 atom stereocenters. The molecule has 0 saturated heterocycles. The van der Waals surface area contributed by atoms with Crippen LogP contribution in [0.5, 0.6) is 0 Å². The summed E-state index contributed by atoms with van der Waals surface area (Å²) in [7, 11) is 0. The average molecular weight is 409 g/mol. The molecule has 0 fully saturated rings. The number of aromatic nitrogens is 3. The molecule has 3 aromatic rings. The zero-order valence-corrected chi connectivity index (χ0v) is 14.2. The van der Waals surface area contributed by atoms with Crippen LogP contribution in [0.3, 0.4) is 0 Å². The van der Waals surface area contributed by atoms with E-state index in [0.717, 1.165) is 30.3 Å². The Bertz CT molecular complexity index is 1110. The fraction of sp³-hybridized carbons (Fsp3) is 0.111. The number of rotatable bonds is 2. The Morgan fingerprint density at radius 3 is 1.79 bits per heavy atom. The quantitative estimate of drug-likeness (QED) is 0.620. The number of nitrogen functional groups attached to an aromatic ring is 1. The highest BCUT2D eigenvalue weighted by Gasteiger charge is 2.34. The summed E-state index contributed by atoms with van der Waals surface area (Å²) in [5.74, 6) is 0. The highest BCUT2D eigenvalue weighted by Crippen LogP contribution is 2.33. The van der Waals surface area contributed by atoms with Gasteiger partial charge in [0.25, 0.3) is 0 Å². The summed E-state index contributed by atoms with van der Waals surface area (Å²) < 4.78 is 77.6. The van der Waals surface area contributed by atoms with Crippen LogP contribution in [0.25, 0.3) is 22.8 Å². The van der Waals surface area contributed by atoms with E-state index < -0.39 is 23.7 Å². The molecule has 11 heteroatoms. The van der Waals surface area contributed by atoms with Gasteiger partial charge in [-0.05, 0) is 30.3 Å². The standard InChI is InChI=1S/C18H9F6N5/c19-17(20,21)14-5-1-3-11(27-14)13-7-10(26)9(8-25)16(29-13)12-4-2-6-15(28-12)18(22,23)24/h1-7H,(H2,26,29). The SMILES string of the molecule is N#Cc1c(N)cc(-c2cccc(C(F)(F)F)n2)nc1-c1cccc(C(F)(F)F)n1. The second-order valence-corrected chi connectivity index (χ2v) is 5.74. The van der Waals surface area contributed by atoms with E-state index in [1.54, 1.807) is 6.07 Å². The van der Waals surface area contributed by atoms with Crippen molar-refractivity contribution in [1.29, 1.82) is 5.26 Å². The first-order valence-electron chi connectivity index (χ1n) is 7.80. The molecule has 0 radical (unpaired) electrons. The summed E-state index contributed by atoms with van der Waals surface area (Å²) in [6.07, 6.45) is -9.45. The maximum Gasteiger partial charge on any atom is 0.433 e. The molecule has 0 bridgehead atoms. The summed E-state index contributed by atoms with van der Waals surface area (Å²) in [6, 6.07) is 8.92. The Hall–Kier alpha value is -3.68. The van der Waals surface area contributed by atoms with Gasteiger partial charge in [0.1, 0.15) is 28.7 Å². The van der Waals surface area contributed by atoms with Gasteiger partial charge in [0.2, 0.25) is 0 Å². The minimum atomic E-state index is -4.74. The number of hydrogen-bond donors (Lipinski definition) is 1. The third-order valence-corrected chi connectivity index (χ3v) is 3.75. The van der Waals surface area contributed by atoms with Crippen LogP contribution in [0.2, 0.25) is 0 Å². The van der Waals surface area contributed by atoms with Crippen molar-refractivity contribution in [2.45, 2.75) is 12.4 Å². The van der Waals surface area contributed by atoms with Gasteiger partial charge in [0.15, 0.2) is 0 Å². The number of nitrogens with two attached hydrogens (primary N) is 1. The molecule has 2 N–H and O–H groups in total. The minimum absolute atomic E-state index is 0.151. The van der Waals surface area contributed by atoms with E-state index in [1.165, 1.54) is 12.1 Å². The van der Waals surface area contributed by atoms with Crippen molar-refractivity contribution >= 4 is 5.69 Å². The number of anilines is 1. The maximum atomic E-state index is 13.0. The zero-order chi connectivity index (χ0) is 21.4. The molecule has 0 amide bonds. The Labute approximate surface area is 159 Å². The lowest BCUT2D eigenvalue weighted by Gasteiger charge is -2.12. The Kier molecular flexibility index (Phi) is 4.88. The van der Waals surface area contributed by atoms with Crippen molar-refractivity contribution in [3.63, 3.8) is 0 Å².